The lowest BCUT2D eigenvalue weighted by Gasteiger charge is -2.12. The molecule has 0 radical (unpaired) electrons. The van der Waals surface area contributed by atoms with E-state index in [9.17, 15) is 0 Å². The summed E-state index contributed by atoms with van der Waals surface area (Å²) in [7, 11) is 3.26. The summed E-state index contributed by atoms with van der Waals surface area (Å²) in [5.41, 5.74) is 8.40. The van der Waals surface area contributed by atoms with Gasteiger partial charge in [0.2, 0.25) is 0 Å². The van der Waals surface area contributed by atoms with Crippen LogP contribution in [-0.4, -0.2) is 14.2 Å². The van der Waals surface area contributed by atoms with Gasteiger partial charge in [-0.05, 0) is 29.8 Å². The Balaban J connectivity index is 2.56. The van der Waals surface area contributed by atoms with Crippen LogP contribution in [0.4, 0.5) is 0 Å². The fourth-order valence-corrected chi connectivity index (χ4v) is 2.23. The van der Waals surface area contributed by atoms with Crippen LogP contribution in [0, 0.1) is 0 Å². The first-order valence-electron chi connectivity index (χ1n) is 5.90. The fraction of sp³-hybridized carbons (Fsp3) is 0.200. The lowest BCUT2D eigenvalue weighted by Crippen LogP contribution is -1.96. The zero-order chi connectivity index (χ0) is 13.8. The van der Waals surface area contributed by atoms with Gasteiger partial charge in [-0.1, -0.05) is 23.7 Å². The van der Waals surface area contributed by atoms with Crippen LogP contribution in [0.1, 0.15) is 5.56 Å². The molecule has 2 rings (SSSR count). The molecule has 0 amide bonds. The monoisotopic (exact) mass is 277 g/mol. The molecule has 0 aliphatic heterocycles. The first kappa shape index (κ1) is 13.7. The van der Waals surface area contributed by atoms with Gasteiger partial charge < -0.3 is 15.2 Å². The van der Waals surface area contributed by atoms with Gasteiger partial charge in [0.25, 0.3) is 0 Å². The van der Waals surface area contributed by atoms with Crippen LogP contribution in [0.5, 0.6) is 11.5 Å². The molecule has 2 aromatic rings. The van der Waals surface area contributed by atoms with E-state index in [0.717, 1.165) is 28.2 Å². The van der Waals surface area contributed by atoms with Crippen molar-refractivity contribution in [2.45, 2.75) is 6.54 Å². The molecule has 0 fully saturated rings. The zero-order valence-electron chi connectivity index (χ0n) is 10.9. The molecular weight excluding hydrogens is 262 g/mol. The van der Waals surface area contributed by atoms with Crippen molar-refractivity contribution in [2.75, 3.05) is 14.2 Å². The molecule has 2 aromatic carbocycles. The van der Waals surface area contributed by atoms with Gasteiger partial charge in [0, 0.05) is 22.7 Å². The molecule has 0 aromatic heterocycles. The first-order chi connectivity index (χ1) is 9.19. The SMILES string of the molecule is COc1ccc(OC)c(-c2ccc(CN)cc2Cl)c1. The second-order valence-electron chi connectivity index (χ2n) is 4.08. The van der Waals surface area contributed by atoms with Gasteiger partial charge in [-0.3, -0.25) is 0 Å². The molecule has 0 aliphatic carbocycles. The van der Waals surface area contributed by atoms with E-state index in [1.807, 2.05) is 36.4 Å². The summed E-state index contributed by atoms with van der Waals surface area (Å²) in [4.78, 5) is 0. The molecule has 0 bridgehead atoms. The average molecular weight is 278 g/mol. The number of nitrogens with two attached hydrogens (primary N) is 1. The molecule has 0 atom stereocenters. The third-order valence-corrected chi connectivity index (χ3v) is 3.28. The Bertz CT molecular complexity index is 584. The summed E-state index contributed by atoms with van der Waals surface area (Å²) in [6.45, 7) is 0.468. The predicted octanol–water partition coefficient (Wildman–Crippen LogP) is 3.48. The van der Waals surface area contributed by atoms with Crippen molar-refractivity contribution >= 4 is 11.6 Å². The molecule has 4 heteroatoms. The van der Waals surface area contributed by atoms with Gasteiger partial charge in [-0.25, -0.2) is 0 Å². The van der Waals surface area contributed by atoms with Crippen molar-refractivity contribution < 1.29 is 9.47 Å². The van der Waals surface area contributed by atoms with Crippen LogP contribution in [-0.2, 0) is 6.54 Å². The minimum Gasteiger partial charge on any atom is -0.497 e. The molecule has 0 saturated heterocycles. The van der Waals surface area contributed by atoms with E-state index in [1.165, 1.54) is 0 Å². The predicted molar refractivity (Wildman–Crippen MR) is 77.9 cm³/mol. The summed E-state index contributed by atoms with van der Waals surface area (Å²) >= 11 is 6.32. The molecule has 0 saturated carbocycles. The van der Waals surface area contributed by atoms with Gasteiger partial charge in [-0.15, -0.1) is 0 Å². The lowest BCUT2D eigenvalue weighted by molar-refractivity contribution is 0.404. The maximum atomic E-state index is 6.32. The minimum atomic E-state index is 0.468. The average Bonchev–Trinajstić information content (AvgIpc) is 2.46. The van der Waals surface area contributed by atoms with Crippen molar-refractivity contribution in [1.82, 2.24) is 0 Å². The highest BCUT2D eigenvalue weighted by atomic mass is 35.5. The van der Waals surface area contributed by atoms with Gasteiger partial charge in [-0.2, -0.15) is 0 Å². The maximum Gasteiger partial charge on any atom is 0.127 e. The van der Waals surface area contributed by atoms with Gasteiger partial charge >= 0.3 is 0 Å². The number of halogens is 1. The van der Waals surface area contributed by atoms with Crippen molar-refractivity contribution in [2.24, 2.45) is 5.73 Å². The summed E-state index contributed by atoms with van der Waals surface area (Å²) in [6.07, 6.45) is 0. The van der Waals surface area contributed by atoms with Crippen molar-refractivity contribution in [3.05, 3.63) is 47.0 Å². The first-order valence-corrected chi connectivity index (χ1v) is 6.28. The second kappa shape index (κ2) is 5.95. The van der Waals surface area contributed by atoms with Gasteiger partial charge in [0.1, 0.15) is 11.5 Å². The highest BCUT2D eigenvalue weighted by Gasteiger charge is 2.11. The van der Waals surface area contributed by atoms with Crippen molar-refractivity contribution in [1.29, 1.82) is 0 Å². The number of hydrogen-bond donors (Lipinski definition) is 1. The summed E-state index contributed by atoms with van der Waals surface area (Å²) in [5.74, 6) is 1.51. The summed E-state index contributed by atoms with van der Waals surface area (Å²) in [6, 6.07) is 11.4. The third kappa shape index (κ3) is 2.83. The summed E-state index contributed by atoms with van der Waals surface area (Å²) in [5, 5.41) is 0.648. The van der Waals surface area contributed by atoms with Crippen LogP contribution in [0.3, 0.4) is 0 Å². The highest BCUT2D eigenvalue weighted by molar-refractivity contribution is 6.33. The standard InChI is InChI=1S/C15H16ClNO2/c1-18-11-4-6-15(19-2)13(8-11)12-5-3-10(9-17)7-14(12)16/h3-8H,9,17H2,1-2H3. The zero-order valence-corrected chi connectivity index (χ0v) is 11.7. The highest BCUT2D eigenvalue weighted by Crippen LogP contribution is 2.37. The Hall–Kier alpha value is -1.71. The van der Waals surface area contributed by atoms with E-state index in [0.29, 0.717) is 11.6 Å². The van der Waals surface area contributed by atoms with Crippen LogP contribution < -0.4 is 15.2 Å². The molecular formula is C15H16ClNO2. The topological polar surface area (TPSA) is 44.5 Å². The van der Waals surface area contributed by atoms with E-state index in [1.54, 1.807) is 14.2 Å². The smallest absolute Gasteiger partial charge is 0.127 e. The fourth-order valence-electron chi connectivity index (χ4n) is 1.93. The molecule has 0 spiro atoms. The molecule has 0 aliphatic rings. The molecule has 3 nitrogen and oxygen atoms in total. The van der Waals surface area contributed by atoms with Crippen molar-refractivity contribution in [3.63, 3.8) is 0 Å². The Labute approximate surface area is 117 Å². The summed E-state index contributed by atoms with van der Waals surface area (Å²) < 4.78 is 10.6. The van der Waals surface area contributed by atoms with E-state index < -0.39 is 0 Å². The molecule has 0 unspecified atom stereocenters. The molecule has 19 heavy (non-hydrogen) atoms. The maximum absolute atomic E-state index is 6.32. The van der Waals surface area contributed by atoms with Crippen LogP contribution in [0.2, 0.25) is 5.02 Å². The lowest BCUT2D eigenvalue weighted by atomic mass is 10.0. The van der Waals surface area contributed by atoms with Crippen molar-refractivity contribution in [3.8, 4) is 22.6 Å². The number of ether oxygens (including phenoxy) is 2. The normalized spacial score (nSPS) is 10.3. The Kier molecular flexibility index (Phi) is 4.30. The molecule has 100 valence electrons. The number of rotatable bonds is 4. The molecule has 0 heterocycles. The van der Waals surface area contributed by atoms with E-state index in [4.69, 9.17) is 26.8 Å². The van der Waals surface area contributed by atoms with Gasteiger partial charge in [0.15, 0.2) is 0 Å². The Morgan fingerprint density at radius 3 is 2.37 bits per heavy atom. The van der Waals surface area contributed by atoms with E-state index in [2.05, 4.69) is 0 Å². The van der Waals surface area contributed by atoms with E-state index >= 15 is 0 Å². The largest absolute Gasteiger partial charge is 0.497 e. The Morgan fingerprint density at radius 1 is 1.00 bits per heavy atom. The van der Waals surface area contributed by atoms with Crippen LogP contribution >= 0.6 is 11.6 Å². The Morgan fingerprint density at radius 2 is 1.79 bits per heavy atom. The van der Waals surface area contributed by atoms with Crippen LogP contribution in [0.25, 0.3) is 11.1 Å². The second-order valence-corrected chi connectivity index (χ2v) is 4.49. The molecule has 2 N–H and O–H groups in total. The van der Waals surface area contributed by atoms with Gasteiger partial charge in [0.05, 0.1) is 14.2 Å². The minimum absolute atomic E-state index is 0.468. The quantitative estimate of drug-likeness (QED) is 0.930. The number of hydrogen-bond acceptors (Lipinski definition) is 3. The van der Waals surface area contributed by atoms with E-state index in [-0.39, 0.29) is 0 Å². The van der Waals surface area contributed by atoms with Crippen LogP contribution in [0.15, 0.2) is 36.4 Å². The third-order valence-electron chi connectivity index (χ3n) is 2.97. The number of methoxy groups -OCH3 is 2. The number of benzene rings is 2.